The minimum Gasteiger partial charge on any atom is -0.465 e. The average molecular weight is 283 g/mol. The van der Waals surface area contributed by atoms with Gasteiger partial charge in [0.1, 0.15) is 16.5 Å². The molecule has 0 aliphatic heterocycles. The van der Waals surface area contributed by atoms with Crippen molar-refractivity contribution in [3.8, 4) is 0 Å². The maximum atomic E-state index is 11.9. The van der Waals surface area contributed by atoms with E-state index in [0.29, 0.717) is 13.2 Å². The lowest BCUT2D eigenvalue weighted by atomic mass is 10.1. The summed E-state index contributed by atoms with van der Waals surface area (Å²) in [4.78, 5) is 17.8. The molecule has 1 atom stereocenters. The molecule has 0 radical (unpaired) electrons. The summed E-state index contributed by atoms with van der Waals surface area (Å²) in [5.74, 6) is -0.329. The molecule has 2 rings (SSSR count). The minimum absolute atomic E-state index is 0.146. The van der Waals surface area contributed by atoms with Crippen molar-refractivity contribution in [1.82, 2.24) is 4.98 Å². The number of esters is 1. The molecule has 0 amide bonds. The van der Waals surface area contributed by atoms with E-state index in [1.165, 1.54) is 4.88 Å². The topological polar surface area (TPSA) is 48.4 Å². The third-order valence-corrected chi connectivity index (χ3v) is 4.74. The Balaban J connectivity index is 2.23. The van der Waals surface area contributed by atoms with E-state index in [0.717, 1.165) is 23.5 Å². The molecule has 0 N–H and O–H groups in total. The summed E-state index contributed by atoms with van der Waals surface area (Å²) >= 11 is 1.66. The van der Waals surface area contributed by atoms with E-state index in [2.05, 4.69) is 4.98 Å². The Hall–Kier alpha value is -0.940. The SMILES string of the molecule is CCOC(=O)C1CCc2sc(C(C)(C)OCC)nc21. The number of rotatable bonds is 5. The average Bonchev–Trinajstić information content (AvgIpc) is 2.87. The molecule has 0 spiro atoms. The van der Waals surface area contributed by atoms with Crippen LogP contribution in [0.15, 0.2) is 0 Å². The summed E-state index contributed by atoms with van der Waals surface area (Å²) in [7, 11) is 0. The Morgan fingerprint density at radius 1 is 1.42 bits per heavy atom. The Bertz CT molecular complexity index is 467. The molecule has 19 heavy (non-hydrogen) atoms. The smallest absolute Gasteiger partial charge is 0.315 e. The second kappa shape index (κ2) is 5.59. The van der Waals surface area contributed by atoms with Crippen LogP contribution in [-0.4, -0.2) is 24.2 Å². The lowest BCUT2D eigenvalue weighted by molar-refractivity contribution is -0.145. The molecule has 4 nitrogen and oxygen atoms in total. The molecule has 106 valence electrons. The summed E-state index contributed by atoms with van der Waals surface area (Å²) < 4.78 is 10.8. The van der Waals surface area contributed by atoms with Crippen molar-refractivity contribution in [2.24, 2.45) is 0 Å². The van der Waals surface area contributed by atoms with E-state index in [4.69, 9.17) is 9.47 Å². The summed E-state index contributed by atoms with van der Waals surface area (Å²) in [6, 6.07) is 0. The third kappa shape index (κ3) is 2.82. The van der Waals surface area contributed by atoms with Crippen molar-refractivity contribution in [2.75, 3.05) is 13.2 Å². The summed E-state index contributed by atoms with van der Waals surface area (Å²) in [5.41, 5.74) is 0.523. The molecule has 1 aromatic heterocycles. The highest BCUT2D eigenvalue weighted by atomic mass is 32.1. The number of carbonyl (C=O) groups excluding carboxylic acids is 1. The van der Waals surface area contributed by atoms with Crippen molar-refractivity contribution < 1.29 is 14.3 Å². The zero-order chi connectivity index (χ0) is 14.0. The van der Waals surface area contributed by atoms with Crippen LogP contribution in [0.2, 0.25) is 0 Å². The number of ether oxygens (including phenoxy) is 2. The van der Waals surface area contributed by atoms with Crippen LogP contribution in [-0.2, 0) is 26.3 Å². The zero-order valence-corrected chi connectivity index (χ0v) is 12.8. The minimum atomic E-state index is -0.386. The van der Waals surface area contributed by atoms with Crippen molar-refractivity contribution >= 4 is 17.3 Å². The van der Waals surface area contributed by atoms with Crippen molar-refractivity contribution in [2.45, 2.75) is 52.1 Å². The number of nitrogens with zero attached hydrogens (tertiary/aromatic N) is 1. The van der Waals surface area contributed by atoms with Gasteiger partial charge in [-0.2, -0.15) is 0 Å². The Morgan fingerprint density at radius 2 is 2.16 bits per heavy atom. The fourth-order valence-electron chi connectivity index (χ4n) is 2.38. The van der Waals surface area contributed by atoms with Crippen LogP contribution in [0.3, 0.4) is 0 Å². The molecule has 5 heteroatoms. The first-order valence-electron chi connectivity index (χ1n) is 6.80. The molecule has 1 aromatic rings. The quantitative estimate of drug-likeness (QED) is 0.779. The van der Waals surface area contributed by atoms with Gasteiger partial charge in [-0.1, -0.05) is 0 Å². The Kier molecular flexibility index (Phi) is 4.26. The van der Waals surface area contributed by atoms with Gasteiger partial charge in [0.25, 0.3) is 0 Å². The van der Waals surface area contributed by atoms with Crippen LogP contribution in [0.4, 0.5) is 0 Å². The lowest BCUT2D eigenvalue weighted by Crippen LogP contribution is -2.22. The molecule has 0 bridgehead atoms. The van der Waals surface area contributed by atoms with Crippen LogP contribution in [0.1, 0.15) is 55.6 Å². The normalized spacial score (nSPS) is 18.4. The van der Waals surface area contributed by atoms with Gasteiger partial charge in [0.15, 0.2) is 0 Å². The zero-order valence-electron chi connectivity index (χ0n) is 12.0. The van der Waals surface area contributed by atoms with Crippen LogP contribution >= 0.6 is 11.3 Å². The highest BCUT2D eigenvalue weighted by molar-refractivity contribution is 7.12. The predicted molar refractivity (Wildman–Crippen MR) is 74.5 cm³/mol. The summed E-state index contributed by atoms with van der Waals surface area (Å²) in [5, 5.41) is 0.952. The van der Waals surface area contributed by atoms with Gasteiger partial charge in [-0.05, 0) is 40.5 Å². The number of hydrogen-bond donors (Lipinski definition) is 0. The molecule has 0 fully saturated rings. The fraction of sp³-hybridized carbons (Fsp3) is 0.714. The molecule has 0 saturated heterocycles. The molecule has 0 saturated carbocycles. The van der Waals surface area contributed by atoms with E-state index in [-0.39, 0.29) is 17.5 Å². The Labute approximate surface area is 118 Å². The number of aromatic nitrogens is 1. The van der Waals surface area contributed by atoms with Gasteiger partial charge < -0.3 is 9.47 Å². The number of carbonyl (C=O) groups is 1. The van der Waals surface area contributed by atoms with Crippen LogP contribution < -0.4 is 0 Å². The first kappa shape index (κ1) is 14.5. The molecule has 1 aliphatic rings. The van der Waals surface area contributed by atoms with E-state index in [1.807, 2.05) is 27.7 Å². The van der Waals surface area contributed by atoms with Crippen molar-refractivity contribution in [3.05, 3.63) is 15.6 Å². The van der Waals surface area contributed by atoms with Gasteiger partial charge in [-0.25, -0.2) is 4.98 Å². The van der Waals surface area contributed by atoms with Crippen molar-refractivity contribution in [3.63, 3.8) is 0 Å². The van der Waals surface area contributed by atoms with Crippen LogP contribution in [0.25, 0.3) is 0 Å². The summed E-state index contributed by atoms with van der Waals surface area (Å²) in [6.07, 6.45) is 1.74. The highest BCUT2D eigenvalue weighted by Gasteiger charge is 2.36. The van der Waals surface area contributed by atoms with Gasteiger partial charge >= 0.3 is 5.97 Å². The van der Waals surface area contributed by atoms with Gasteiger partial charge in [-0.15, -0.1) is 11.3 Å². The maximum Gasteiger partial charge on any atom is 0.315 e. The molecular formula is C14H21NO3S. The fourth-order valence-corrected chi connectivity index (χ4v) is 3.57. The number of fused-ring (bicyclic) bond motifs is 1. The summed E-state index contributed by atoms with van der Waals surface area (Å²) in [6.45, 7) is 8.92. The largest absolute Gasteiger partial charge is 0.465 e. The first-order chi connectivity index (χ1) is 8.99. The molecule has 1 unspecified atom stereocenters. The van der Waals surface area contributed by atoms with Gasteiger partial charge in [0.2, 0.25) is 0 Å². The van der Waals surface area contributed by atoms with Gasteiger partial charge in [-0.3, -0.25) is 4.79 Å². The Morgan fingerprint density at radius 3 is 2.79 bits per heavy atom. The van der Waals surface area contributed by atoms with E-state index < -0.39 is 0 Å². The number of thiazole rings is 1. The van der Waals surface area contributed by atoms with Crippen LogP contribution in [0.5, 0.6) is 0 Å². The second-order valence-corrected chi connectivity index (χ2v) is 6.20. The predicted octanol–water partition coefficient (Wildman–Crippen LogP) is 3.01. The number of aryl methyl sites for hydroxylation is 1. The first-order valence-corrected chi connectivity index (χ1v) is 7.62. The third-order valence-electron chi connectivity index (χ3n) is 3.31. The lowest BCUT2D eigenvalue weighted by Gasteiger charge is -2.22. The molecule has 1 aliphatic carbocycles. The van der Waals surface area contributed by atoms with Crippen LogP contribution in [0, 0.1) is 0 Å². The monoisotopic (exact) mass is 283 g/mol. The standard InChI is InChI=1S/C14H21NO3S/c1-5-17-12(16)9-7-8-10-11(9)15-13(19-10)14(3,4)18-6-2/h9H,5-8H2,1-4H3. The highest BCUT2D eigenvalue weighted by Crippen LogP contribution is 2.40. The maximum absolute atomic E-state index is 11.9. The van der Waals surface area contributed by atoms with Gasteiger partial charge in [0, 0.05) is 11.5 Å². The molecule has 0 aromatic carbocycles. The van der Waals surface area contributed by atoms with Gasteiger partial charge in [0.05, 0.1) is 12.3 Å². The second-order valence-electron chi connectivity index (χ2n) is 5.11. The van der Waals surface area contributed by atoms with E-state index >= 15 is 0 Å². The van der Waals surface area contributed by atoms with E-state index in [1.54, 1.807) is 11.3 Å². The van der Waals surface area contributed by atoms with Crippen molar-refractivity contribution in [1.29, 1.82) is 0 Å². The molecule has 1 heterocycles. The number of hydrogen-bond acceptors (Lipinski definition) is 5. The molecular weight excluding hydrogens is 262 g/mol. The van der Waals surface area contributed by atoms with E-state index in [9.17, 15) is 4.79 Å².